The van der Waals surface area contributed by atoms with Gasteiger partial charge in [0.25, 0.3) is 0 Å². The molecule has 0 amide bonds. The number of hydrogen-bond acceptors (Lipinski definition) is 4. The summed E-state index contributed by atoms with van der Waals surface area (Å²) in [4.78, 5) is 11.0. The summed E-state index contributed by atoms with van der Waals surface area (Å²) in [7, 11) is 0. The van der Waals surface area contributed by atoms with E-state index in [-0.39, 0.29) is 0 Å². The summed E-state index contributed by atoms with van der Waals surface area (Å²) in [6.45, 7) is 12.3. The number of aromatic nitrogens is 2. The fourth-order valence-corrected chi connectivity index (χ4v) is 2.80. The van der Waals surface area contributed by atoms with Crippen LogP contribution in [0.3, 0.4) is 0 Å². The monoisotopic (exact) mass is 272 g/mol. The van der Waals surface area contributed by atoms with Crippen molar-refractivity contribution in [2.45, 2.75) is 33.2 Å². The molecule has 2 unspecified atom stereocenters. The van der Waals surface area contributed by atoms with E-state index in [1.807, 2.05) is 26.1 Å². The molecule has 20 heavy (non-hydrogen) atoms. The smallest absolute Gasteiger partial charge is 0.137 e. The van der Waals surface area contributed by atoms with Gasteiger partial charge in [0.2, 0.25) is 0 Å². The number of nitrogens with zero attached hydrogens (tertiary/aromatic N) is 3. The van der Waals surface area contributed by atoms with Gasteiger partial charge in [0.05, 0.1) is 5.69 Å². The average molecular weight is 272 g/mol. The lowest BCUT2D eigenvalue weighted by molar-refractivity contribution is 0.232. The van der Waals surface area contributed by atoms with E-state index in [0.29, 0.717) is 12.0 Å². The van der Waals surface area contributed by atoms with Gasteiger partial charge in [0.15, 0.2) is 0 Å². The van der Waals surface area contributed by atoms with Crippen LogP contribution in [0.2, 0.25) is 0 Å². The molecule has 2 rings (SSSR count). The molecule has 108 valence electrons. The van der Waals surface area contributed by atoms with Gasteiger partial charge in [-0.2, -0.15) is 0 Å². The minimum Gasteiger partial charge on any atom is -0.376 e. The van der Waals surface area contributed by atoms with E-state index in [0.717, 1.165) is 36.6 Å². The molecule has 2 atom stereocenters. The summed E-state index contributed by atoms with van der Waals surface area (Å²) in [5.41, 5.74) is 2.09. The highest BCUT2D eigenvalue weighted by molar-refractivity contribution is 5.64. The normalized spacial score (nSPS) is 23.1. The second-order valence-corrected chi connectivity index (χ2v) is 5.54. The Morgan fingerprint density at radius 1 is 1.40 bits per heavy atom. The van der Waals surface area contributed by atoms with Crippen LogP contribution in [0, 0.1) is 12.8 Å². The lowest BCUT2D eigenvalue weighted by atomic mass is 9.96. The van der Waals surface area contributed by atoms with Crippen LogP contribution in [0.25, 0.3) is 6.08 Å². The maximum Gasteiger partial charge on any atom is 0.137 e. The van der Waals surface area contributed by atoms with E-state index in [1.165, 1.54) is 0 Å². The van der Waals surface area contributed by atoms with Crippen molar-refractivity contribution in [1.82, 2.24) is 14.9 Å². The van der Waals surface area contributed by atoms with E-state index < -0.39 is 0 Å². The fourth-order valence-electron chi connectivity index (χ4n) is 2.80. The molecule has 0 bridgehead atoms. The highest BCUT2D eigenvalue weighted by Gasteiger charge is 2.23. The van der Waals surface area contributed by atoms with Crippen LogP contribution in [0.15, 0.2) is 25.2 Å². The maximum absolute atomic E-state index is 4.41. The number of rotatable bonds is 4. The van der Waals surface area contributed by atoms with Gasteiger partial charge in [-0.1, -0.05) is 25.7 Å². The SMILES string of the molecule is C=CN1CC(C)CC(Nc2ncnc(C)c2/C=C\C)C1. The third-order valence-electron chi connectivity index (χ3n) is 3.70. The number of aryl methyl sites for hydroxylation is 1. The van der Waals surface area contributed by atoms with Crippen molar-refractivity contribution >= 4 is 11.9 Å². The summed E-state index contributed by atoms with van der Waals surface area (Å²) in [5.74, 6) is 1.59. The van der Waals surface area contributed by atoms with Crippen LogP contribution in [0.5, 0.6) is 0 Å². The van der Waals surface area contributed by atoms with E-state index in [9.17, 15) is 0 Å². The van der Waals surface area contributed by atoms with Crippen molar-refractivity contribution < 1.29 is 0 Å². The van der Waals surface area contributed by atoms with Crippen molar-refractivity contribution in [2.24, 2.45) is 5.92 Å². The number of piperidine rings is 1. The first kappa shape index (κ1) is 14.6. The first-order valence-corrected chi connectivity index (χ1v) is 7.21. The third-order valence-corrected chi connectivity index (χ3v) is 3.70. The molecule has 1 fully saturated rings. The molecule has 1 aromatic rings. The number of nitrogens with one attached hydrogen (secondary N) is 1. The summed E-state index contributed by atoms with van der Waals surface area (Å²) in [5, 5.41) is 3.58. The predicted octanol–water partition coefficient (Wildman–Crippen LogP) is 3.08. The van der Waals surface area contributed by atoms with Crippen LogP contribution in [0.1, 0.15) is 31.5 Å². The minimum absolute atomic E-state index is 0.398. The lowest BCUT2D eigenvalue weighted by Crippen LogP contribution is -2.43. The molecule has 2 heterocycles. The van der Waals surface area contributed by atoms with Gasteiger partial charge in [-0.25, -0.2) is 9.97 Å². The molecule has 0 radical (unpaired) electrons. The van der Waals surface area contributed by atoms with Crippen molar-refractivity contribution in [1.29, 1.82) is 0 Å². The fraction of sp³-hybridized carbons (Fsp3) is 0.500. The van der Waals surface area contributed by atoms with Crippen molar-refractivity contribution in [3.05, 3.63) is 36.4 Å². The third kappa shape index (κ3) is 3.38. The van der Waals surface area contributed by atoms with Gasteiger partial charge in [-0.3, -0.25) is 0 Å². The highest BCUT2D eigenvalue weighted by atomic mass is 15.2. The molecule has 1 aliphatic heterocycles. The molecule has 0 spiro atoms. The first-order valence-electron chi connectivity index (χ1n) is 7.21. The average Bonchev–Trinajstić information content (AvgIpc) is 2.42. The second kappa shape index (κ2) is 6.55. The zero-order valence-electron chi connectivity index (χ0n) is 12.6. The largest absolute Gasteiger partial charge is 0.376 e. The molecular formula is C16H24N4. The Hall–Kier alpha value is -1.84. The number of allylic oxidation sites excluding steroid dienone is 1. The summed E-state index contributed by atoms with van der Waals surface area (Å²) < 4.78 is 0. The molecule has 4 heteroatoms. The minimum atomic E-state index is 0.398. The summed E-state index contributed by atoms with van der Waals surface area (Å²) >= 11 is 0. The summed E-state index contributed by atoms with van der Waals surface area (Å²) in [6.07, 6.45) is 8.80. The van der Waals surface area contributed by atoms with Gasteiger partial charge < -0.3 is 10.2 Å². The molecule has 1 N–H and O–H groups in total. The van der Waals surface area contributed by atoms with E-state index in [2.05, 4.69) is 39.8 Å². The predicted molar refractivity (Wildman–Crippen MR) is 84.4 cm³/mol. The molecule has 1 aromatic heterocycles. The number of hydrogen-bond donors (Lipinski definition) is 1. The molecular weight excluding hydrogens is 248 g/mol. The van der Waals surface area contributed by atoms with Gasteiger partial charge in [-0.05, 0) is 32.4 Å². The zero-order chi connectivity index (χ0) is 14.5. The van der Waals surface area contributed by atoms with Crippen LogP contribution in [-0.2, 0) is 0 Å². The summed E-state index contributed by atoms with van der Waals surface area (Å²) in [6, 6.07) is 0.398. The highest BCUT2D eigenvalue weighted by Crippen LogP contribution is 2.22. The van der Waals surface area contributed by atoms with Crippen molar-refractivity contribution in [3.8, 4) is 0 Å². The second-order valence-electron chi connectivity index (χ2n) is 5.54. The Labute approximate surface area is 121 Å². The van der Waals surface area contributed by atoms with Gasteiger partial charge in [0.1, 0.15) is 12.1 Å². The van der Waals surface area contributed by atoms with Crippen LogP contribution < -0.4 is 5.32 Å². The Bertz CT molecular complexity index is 495. The van der Waals surface area contributed by atoms with Crippen LogP contribution in [0.4, 0.5) is 5.82 Å². The quantitative estimate of drug-likeness (QED) is 0.914. The van der Waals surface area contributed by atoms with Crippen LogP contribution >= 0.6 is 0 Å². The Morgan fingerprint density at radius 3 is 2.90 bits per heavy atom. The van der Waals surface area contributed by atoms with Crippen LogP contribution in [-0.4, -0.2) is 34.0 Å². The first-order chi connectivity index (χ1) is 9.63. The number of anilines is 1. The number of likely N-dealkylation sites (tertiary alicyclic amines) is 1. The molecule has 0 saturated carbocycles. The van der Waals surface area contributed by atoms with Gasteiger partial charge >= 0.3 is 0 Å². The van der Waals surface area contributed by atoms with Gasteiger partial charge in [-0.15, -0.1) is 0 Å². The molecule has 0 aromatic carbocycles. The molecule has 0 aliphatic carbocycles. The topological polar surface area (TPSA) is 41.0 Å². The van der Waals surface area contributed by atoms with E-state index in [4.69, 9.17) is 0 Å². The maximum atomic E-state index is 4.41. The van der Waals surface area contributed by atoms with E-state index >= 15 is 0 Å². The molecule has 1 saturated heterocycles. The van der Waals surface area contributed by atoms with Crippen molar-refractivity contribution in [2.75, 3.05) is 18.4 Å². The molecule has 4 nitrogen and oxygen atoms in total. The Morgan fingerprint density at radius 2 is 2.20 bits per heavy atom. The van der Waals surface area contributed by atoms with Gasteiger partial charge in [0, 0.05) is 24.7 Å². The Balaban J connectivity index is 2.17. The standard InChI is InChI=1S/C16H24N4/c1-5-7-15-13(4)17-11-18-16(15)19-14-8-12(3)9-20(6-2)10-14/h5-7,11-12,14H,2,8-10H2,1,3-4H3,(H,17,18,19)/b7-5-. The lowest BCUT2D eigenvalue weighted by Gasteiger charge is -2.36. The van der Waals surface area contributed by atoms with Crippen molar-refractivity contribution in [3.63, 3.8) is 0 Å². The Kier molecular flexibility index (Phi) is 4.77. The van der Waals surface area contributed by atoms with E-state index in [1.54, 1.807) is 6.33 Å². The zero-order valence-corrected chi connectivity index (χ0v) is 12.6. The molecule has 1 aliphatic rings.